The molecule has 0 aliphatic carbocycles. The highest BCUT2D eigenvalue weighted by Crippen LogP contribution is 2.39. The van der Waals surface area contributed by atoms with Gasteiger partial charge in [-0.2, -0.15) is 0 Å². The van der Waals surface area contributed by atoms with Crippen LogP contribution in [-0.2, 0) is 9.59 Å². The summed E-state index contributed by atoms with van der Waals surface area (Å²) in [6.45, 7) is 0. The van der Waals surface area contributed by atoms with Crippen molar-refractivity contribution in [1.82, 2.24) is 0 Å². The lowest BCUT2D eigenvalue weighted by Gasteiger charge is -2.05. The minimum absolute atomic E-state index is 0.0319. The molecule has 0 atom stereocenters. The van der Waals surface area contributed by atoms with Crippen LogP contribution in [0.25, 0.3) is 19.7 Å². The molecule has 0 amide bonds. The first kappa shape index (κ1) is 13.1. The van der Waals surface area contributed by atoms with Crippen molar-refractivity contribution >= 4 is 85.4 Å². The van der Waals surface area contributed by atoms with Crippen LogP contribution in [-0.4, -0.2) is 10.2 Å². The second kappa shape index (κ2) is 4.47. The van der Waals surface area contributed by atoms with Crippen LogP contribution in [0.15, 0.2) is 34.1 Å². The summed E-state index contributed by atoms with van der Waals surface area (Å²) in [6.07, 6.45) is 0. The van der Waals surface area contributed by atoms with Crippen LogP contribution in [0.3, 0.4) is 0 Å². The number of fused-ring (bicyclic) bond motifs is 5. The Morgan fingerprint density at radius 3 is 1.50 bits per heavy atom. The van der Waals surface area contributed by atoms with E-state index in [1.807, 2.05) is 24.3 Å². The van der Waals surface area contributed by atoms with E-state index < -0.39 is 0 Å². The molecule has 0 saturated carbocycles. The number of thioether (sulfide) groups is 2. The number of halogens is 2. The number of carbonyl (C=O) groups is 2. The molecular weight excluding hydrogens is 424 g/mol. The highest BCUT2D eigenvalue weighted by atomic mass is 79.9. The molecule has 0 saturated heterocycles. The zero-order valence-corrected chi connectivity index (χ0v) is 14.5. The highest BCUT2D eigenvalue weighted by molar-refractivity contribution is 9.15. The summed E-state index contributed by atoms with van der Waals surface area (Å²) in [4.78, 5) is 25.6. The van der Waals surface area contributed by atoms with Gasteiger partial charge in [0.25, 0.3) is 0 Å². The van der Waals surface area contributed by atoms with E-state index in [0.717, 1.165) is 31.0 Å². The normalized spacial score (nSPS) is 17.1. The van der Waals surface area contributed by atoms with E-state index in [0.29, 0.717) is 8.96 Å². The standard InChI is InChI=1S/C14H4Br2O2S2/c15-9-7-3-1-5-6(12(7)20-13(9)17)2-4-8-10(16)14(18)19-11(5)8/h1-4H. The van der Waals surface area contributed by atoms with Gasteiger partial charge in [0, 0.05) is 20.2 Å². The molecule has 2 heterocycles. The van der Waals surface area contributed by atoms with Gasteiger partial charge in [-0.05, 0) is 66.2 Å². The van der Waals surface area contributed by atoms with E-state index in [1.165, 1.54) is 23.5 Å². The summed E-state index contributed by atoms with van der Waals surface area (Å²) in [5.74, 6) is 0. The van der Waals surface area contributed by atoms with Crippen LogP contribution < -0.4 is 10.4 Å². The van der Waals surface area contributed by atoms with Gasteiger partial charge in [0.1, 0.15) is 0 Å². The molecule has 0 radical (unpaired) electrons. The van der Waals surface area contributed by atoms with Crippen LogP contribution in [0, 0.1) is 0 Å². The van der Waals surface area contributed by atoms with Crippen molar-refractivity contribution in [3.05, 3.63) is 34.7 Å². The second-order valence-corrected chi connectivity index (χ2v) is 7.94. The van der Waals surface area contributed by atoms with Crippen LogP contribution in [0.4, 0.5) is 0 Å². The van der Waals surface area contributed by atoms with Crippen LogP contribution in [0.2, 0.25) is 0 Å². The molecule has 4 rings (SSSR count). The lowest BCUT2D eigenvalue weighted by atomic mass is 10.1. The molecule has 0 unspecified atom stereocenters. The lowest BCUT2D eigenvalue weighted by molar-refractivity contribution is -0.106. The number of hydrogen-bond acceptors (Lipinski definition) is 4. The summed E-state index contributed by atoms with van der Waals surface area (Å²) >= 11 is 9.17. The van der Waals surface area contributed by atoms with E-state index in [1.54, 1.807) is 0 Å². The molecule has 98 valence electrons. The van der Waals surface area contributed by atoms with Crippen molar-refractivity contribution in [3.63, 3.8) is 0 Å². The Hall–Kier alpha value is -0.560. The zero-order valence-electron chi connectivity index (χ0n) is 9.70. The summed E-state index contributed by atoms with van der Waals surface area (Å²) in [5.41, 5.74) is 0. The summed E-state index contributed by atoms with van der Waals surface area (Å²) in [5, 5.41) is 3.98. The number of rotatable bonds is 0. The number of hydrogen-bond donors (Lipinski definition) is 0. The molecule has 2 aliphatic heterocycles. The van der Waals surface area contributed by atoms with Crippen molar-refractivity contribution in [2.24, 2.45) is 0 Å². The van der Waals surface area contributed by atoms with E-state index in [2.05, 4.69) is 31.9 Å². The first-order valence-corrected chi connectivity index (χ1v) is 8.89. The van der Waals surface area contributed by atoms with Crippen molar-refractivity contribution in [1.29, 1.82) is 0 Å². The average Bonchev–Trinajstić information content (AvgIpc) is 2.89. The summed E-state index contributed by atoms with van der Waals surface area (Å²) in [7, 11) is 0. The lowest BCUT2D eigenvalue weighted by Crippen LogP contribution is -2.06. The fraction of sp³-hybridized carbons (Fsp3) is 0. The van der Waals surface area contributed by atoms with Crippen LogP contribution >= 0.6 is 55.4 Å². The van der Waals surface area contributed by atoms with Gasteiger partial charge in [-0.15, -0.1) is 0 Å². The van der Waals surface area contributed by atoms with Gasteiger partial charge in [0.15, 0.2) is 0 Å². The summed E-state index contributed by atoms with van der Waals surface area (Å²) in [6, 6.07) is 7.85. The van der Waals surface area contributed by atoms with Crippen molar-refractivity contribution in [2.45, 2.75) is 9.79 Å². The molecular formula is C14H4Br2O2S2. The van der Waals surface area contributed by atoms with Crippen molar-refractivity contribution in [3.8, 4) is 0 Å². The third-order valence-electron chi connectivity index (χ3n) is 3.32. The Labute approximate surface area is 138 Å². The van der Waals surface area contributed by atoms with Crippen LogP contribution in [0.1, 0.15) is 0 Å². The third-order valence-corrected chi connectivity index (χ3v) is 7.49. The molecule has 2 aromatic rings. The Morgan fingerprint density at radius 1 is 0.700 bits per heavy atom. The zero-order chi connectivity index (χ0) is 14.0. The number of carbonyl (C=O) groups excluding carboxylic acids is 2. The quantitative estimate of drug-likeness (QED) is 0.646. The monoisotopic (exact) mass is 426 g/mol. The first-order chi connectivity index (χ1) is 9.58. The van der Waals surface area contributed by atoms with E-state index in [-0.39, 0.29) is 10.2 Å². The molecule has 2 aromatic carbocycles. The van der Waals surface area contributed by atoms with Crippen molar-refractivity contribution in [2.75, 3.05) is 0 Å². The van der Waals surface area contributed by atoms with E-state index in [4.69, 9.17) is 0 Å². The maximum Gasteiger partial charge on any atom is 0.231 e. The SMILES string of the molecule is O=C1Sc2c(ccc3c4c(ccc23)=C(Br)C(=O)S4)=C1Br. The predicted octanol–water partition coefficient (Wildman–Crippen LogP) is 3.11. The average molecular weight is 428 g/mol. The Bertz CT molecular complexity index is 884. The van der Waals surface area contributed by atoms with Gasteiger partial charge in [-0.3, -0.25) is 9.59 Å². The van der Waals surface area contributed by atoms with Crippen LogP contribution in [0.5, 0.6) is 0 Å². The molecule has 0 aromatic heterocycles. The predicted molar refractivity (Wildman–Crippen MR) is 89.6 cm³/mol. The maximum absolute atomic E-state index is 11.8. The minimum atomic E-state index is 0.0319. The van der Waals surface area contributed by atoms with Gasteiger partial charge in [-0.1, -0.05) is 24.3 Å². The molecule has 0 fully saturated rings. The Balaban J connectivity index is 2.17. The first-order valence-electron chi connectivity index (χ1n) is 5.67. The minimum Gasteiger partial charge on any atom is -0.281 e. The smallest absolute Gasteiger partial charge is 0.231 e. The Morgan fingerprint density at radius 2 is 1.10 bits per heavy atom. The topological polar surface area (TPSA) is 34.1 Å². The van der Waals surface area contributed by atoms with Gasteiger partial charge < -0.3 is 0 Å². The third kappa shape index (κ3) is 1.65. The fourth-order valence-electron chi connectivity index (χ4n) is 2.41. The maximum atomic E-state index is 11.8. The molecule has 6 heteroatoms. The molecule has 2 aliphatic rings. The van der Waals surface area contributed by atoms with E-state index in [9.17, 15) is 9.59 Å². The molecule has 0 spiro atoms. The largest absolute Gasteiger partial charge is 0.281 e. The van der Waals surface area contributed by atoms with Gasteiger partial charge in [0.2, 0.25) is 10.2 Å². The van der Waals surface area contributed by atoms with Gasteiger partial charge in [-0.25, -0.2) is 0 Å². The molecule has 2 nitrogen and oxygen atoms in total. The van der Waals surface area contributed by atoms with Gasteiger partial charge >= 0.3 is 0 Å². The molecule has 0 bridgehead atoms. The van der Waals surface area contributed by atoms with Gasteiger partial charge in [0.05, 0.1) is 8.96 Å². The number of benzene rings is 2. The highest BCUT2D eigenvalue weighted by Gasteiger charge is 2.26. The van der Waals surface area contributed by atoms with E-state index >= 15 is 0 Å². The van der Waals surface area contributed by atoms with Crippen molar-refractivity contribution < 1.29 is 9.59 Å². The molecule has 20 heavy (non-hydrogen) atoms. The Kier molecular flexibility index (Phi) is 2.93. The summed E-state index contributed by atoms with van der Waals surface area (Å²) < 4.78 is 1.24. The molecule has 0 N–H and O–H groups in total. The fourth-order valence-corrected chi connectivity index (χ4v) is 5.73. The second-order valence-electron chi connectivity index (χ2n) is 4.39.